The summed E-state index contributed by atoms with van der Waals surface area (Å²) in [7, 11) is 0. The van der Waals surface area contributed by atoms with E-state index in [2.05, 4.69) is 12.1 Å². The highest BCUT2D eigenvalue weighted by Gasteiger charge is 2.46. The Morgan fingerprint density at radius 1 is 0.947 bits per heavy atom. The van der Waals surface area contributed by atoms with Crippen LogP contribution in [-0.4, -0.2) is 25.7 Å². The number of ether oxygens (including phenoxy) is 2. The van der Waals surface area contributed by atoms with Crippen molar-refractivity contribution < 1.29 is 13.9 Å². The zero-order valence-electron chi connectivity index (χ0n) is 11.2. The fourth-order valence-corrected chi connectivity index (χ4v) is 3.33. The molecule has 2 fully saturated rings. The van der Waals surface area contributed by atoms with E-state index in [0.717, 1.165) is 32.1 Å². The third kappa shape index (κ3) is 2.67. The summed E-state index contributed by atoms with van der Waals surface area (Å²) in [5.74, 6) is -0.393. The lowest BCUT2D eigenvalue weighted by Crippen LogP contribution is -2.42. The Bertz CT molecular complexity index is 402. The van der Waals surface area contributed by atoms with Gasteiger partial charge in [0.25, 0.3) is 0 Å². The van der Waals surface area contributed by atoms with Crippen molar-refractivity contribution in [2.24, 2.45) is 5.41 Å². The molecular formula is C16H21FO2. The first-order valence-electron chi connectivity index (χ1n) is 7.14. The molecule has 1 aromatic carbocycles. The monoisotopic (exact) mass is 264 g/mol. The van der Waals surface area contributed by atoms with E-state index in [9.17, 15) is 4.39 Å². The predicted octanol–water partition coefficient (Wildman–Crippen LogP) is 3.50. The standard InChI is InChI=1S/C16H21FO2/c17-13-15(12-14-4-2-1-3-5-14)6-8-16(9-7-15)18-10-11-19-16/h1-5H,6-13H2. The van der Waals surface area contributed by atoms with Crippen LogP contribution >= 0.6 is 0 Å². The normalized spacial score (nSPS) is 24.7. The van der Waals surface area contributed by atoms with Gasteiger partial charge in [0.1, 0.15) is 0 Å². The second-order valence-electron chi connectivity index (χ2n) is 5.90. The fraction of sp³-hybridized carbons (Fsp3) is 0.625. The van der Waals surface area contributed by atoms with Crippen molar-refractivity contribution in [3.05, 3.63) is 35.9 Å². The van der Waals surface area contributed by atoms with Crippen LogP contribution in [0.4, 0.5) is 4.39 Å². The second-order valence-corrected chi connectivity index (χ2v) is 5.90. The Morgan fingerprint density at radius 3 is 2.16 bits per heavy atom. The topological polar surface area (TPSA) is 18.5 Å². The van der Waals surface area contributed by atoms with Crippen LogP contribution in [0, 0.1) is 5.41 Å². The van der Waals surface area contributed by atoms with E-state index in [0.29, 0.717) is 13.2 Å². The number of rotatable bonds is 3. The largest absolute Gasteiger partial charge is 0.348 e. The number of benzene rings is 1. The highest BCUT2D eigenvalue weighted by atomic mass is 19.1. The molecule has 3 heteroatoms. The van der Waals surface area contributed by atoms with Crippen LogP contribution in [0.3, 0.4) is 0 Å². The maximum atomic E-state index is 13.6. The van der Waals surface area contributed by atoms with Gasteiger partial charge in [-0.25, -0.2) is 0 Å². The first kappa shape index (κ1) is 13.1. The third-order valence-corrected chi connectivity index (χ3v) is 4.59. The molecule has 0 radical (unpaired) electrons. The van der Waals surface area contributed by atoms with E-state index in [1.165, 1.54) is 5.56 Å². The summed E-state index contributed by atoms with van der Waals surface area (Å²) < 4.78 is 25.1. The van der Waals surface area contributed by atoms with E-state index in [1.807, 2.05) is 18.2 Å². The Labute approximate surface area is 113 Å². The van der Waals surface area contributed by atoms with E-state index in [4.69, 9.17) is 9.47 Å². The Balaban J connectivity index is 1.68. The lowest BCUT2D eigenvalue weighted by molar-refractivity contribution is -0.192. The quantitative estimate of drug-likeness (QED) is 0.832. The van der Waals surface area contributed by atoms with Crippen LogP contribution < -0.4 is 0 Å². The average Bonchev–Trinajstić information content (AvgIpc) is 2.92. The van der Waals surface area contributed by atoms with Gasteiger partial charge in [0.05, 0.1) is 19.9 Å². The minimum Gasteiger partial charge on any atom is -0.348 e. The van der Waals surface area contributed by atoms with Crippen molar-refractivity contribution in [1.82, 2.24) is 0 Å². The number of halogens is 1. The Kier molecular flexibility index (Phi) is 3.59. The van der Waals surface area contributed by atoms with Crippen molar-refractivity contribution in [1.29, 1.82) is 0 Å². The average molecular weight is 264 g/mol. The molecule has 2 nitrogen and oxygen atoms in total. The summed E-state index contributed by atoms with van der Waals surface area (Å²) in [4.78, 5) is 0. The van der Waals surface area contributed by atoms with Gasteiger partial charge in [-0.1, -0.05) is 30.3 Å². The third-order valence-electron chi connectivity index (χ3n) is 4.59. The van der Waals surface area contributed by atoms with Crippen molar-refractivity contribution in [3.8, 4) is 0 Å². The van der Waals surface area contributed by atoms with E-state index in [1.54, 1.807) is 0 Å². The van der Waals surface area contributed by atoms with Gasteiger partial charge < -0.3 is 9.47 Å². The van der Waals surface area contributed by atoms with Gasteiger partial charge in [-0.15, -0.1) is 0 Å². The molecule has 0 bridgehead atoms. The van der Waals surface area contributed by atoms with Crippen LogP contribution in [0.25, 0.3) is 0 Å². The van der Waals surface area contributed by atoms with Crippen molar-refractivity contribution >= 4 is 0 Å². The Morgan fingerprint density at radius 2 is 1.58 bits per heavy atom. The second kappa shape index (κ2) is 5.22. The molecule has 0 amide bonds. The zero-order valence-corrected chi connectivity index (χ0v) is 11.2. The molecule has 1 aliphatic heterocycles. The fourth-order valence-electron chi connectivity index (χ4n) is 3.33. The van der Waals surface area contributed by atoms with Gasteiger partial charge in [0.15, 0.2) is 5.79 Å². The van der Waals surface area contributed by atoms with Crippen LogP contribution in [0.15, 0.2) is 30.3 Å². The summed E-state index contributed by atoms with van der Waals surface area (Å²) >= 11 is 0. The highest BCUT2D eigenvalue weighted by molar-refractivity contribution is 5.17. The molecule has 2 aliphatic rings. The van der Waals surface area contributed by atoms with Crippen LogP contribution in [0.1, 0.15) is 31.2 Å². The summed E-state index contributed by atoms with van der Waals surface area (Å²) in [6.07, 6.45) is 4.16. The molecule has 19 heavy (non-hydrogen) atoms. The van der Waals surface area contributed by atoms with Gasteiger partial charge in [-0.2, -0.15) is 0 Å². The molecule has 0 aromatic heterocycles. The summed E-state index contributed by atoms with van der Waals surface area (Å²) in [6.45, 7) is 1.11. The summed E-state index contributed by atoms with van der Waals surface area (Å²) in [5.41, 5.74) is 1.01. The van der Waals surface area contributed by atoms with Crippen molar-refractivity contribution in [3.63, 3.8) is 0 Å². The molecule has 1 heterocycles. The molecular weight excluding hydrogens is 243 g/mol. The van der Waals surface area contributed by atoms with Crippen molar-refractivity contribution in [2.75, 3.05) is 19.9 Å². The molecule has 1 aromatic rings. The zero-order chi connectivity index (χ0) is 13.2. The molecule has 1 saturated heterocycles. The van der Waals surface area contributed by atoms with Gasteiger partial charge in [-0.05, 0) is 24.8 Å². The molecule has 1 spiro atoms. The van der Waals surface area contributed by atoms with E-state index in [-0.39, 0.29) is 12.1 Å². The van der Waals surface area contributed by atoms with Gasteiger partial charge >= 0.3 is 0 Å². The number of alkyl halides is 1. The first-order chi connectivity index (χ1) is 9.26. The maximum absolute atomic E-state index is 13.6. The number of hydrogen-bond donors (Lipinski definition) is 0. The van der Waals surface area contributed by atoms with Crippen molar-refractivity contribution in [2.45, 2.75) is 37.9 Å². The van der Waals surface area contributed by atoms with Crippen LogP contribution in [0.5, 0.6) is 0 Å². The van der Waals surface area contributed by atoms with Crippen LogP contribution in [-0.2, 0) is 15.9 Å². The molecule has 0 N–H and O–H groups in total. The summed E-state index contributed by atoms with van der Waals surface area (Å²) in [5, 5.41) is 0. The first-order valence-corrected chi connectivity index (χ1v) is 7.14. The molecule has 1 saturated carbocycles. The maximum Gasteiger partial charge on any atom is 0.168 e. The molecule has 104 valence electrons. The lowest BCUT2D eigenvalue weighted by Gasteiger charge is -2.42. The Hall–Kier alpha value is -0.930. The van der Waals surface area contributed by atoms with Crippen LogP contribution in [0.2, 0.25) is 0 Å². The minimum atomic E-state index is -0.393. The van der Waals surface area contributed by atoms with E-state index >= 15 is 0 Å². The summed E-state index contributed by atoms with van der Waals surface area (Å²) in [6, 6.07) is 10.2. The molecule has 3 rings (SSSR count). The van der Waals surface area contributed by atoms with Gasteiger partial charge in [0, 0.05) is 18.3 Å². The van der Waals surface area contributed by atoms with Gasteiger partial charge in [-0.3, -0.25) is 4.39 Å². The molecule has 0 unspecified atom stereocenters. The van der Waals surface area contributed by atoms with Gasteiger partial charge in [0.2, 0.25) is 0 Å². The van der Waals surface area contributed by atoms with E-state index < -0.39 is 5.79 Å². The number of hydrogen-bond acceptors (Lipinski definition) is 2. The smallest absolute Gasteiger partial charge is 0.168 e. The highest BCUT2D eigenvalue weighted by Crippen LogP contribution is 2.46. The predicted molar refractivity (Wildman–Crippen MR) is 71.7 cm³/mol. The lowest BCUT2D eigenvalue weighted by atomic mass is 9.69. The molecule has 1 aliphatic carbocycles. The minimum absolute atomic E-state index is 0.220. The SMILES string of the molecule is FCC1(Cc2ccccc2)CCC2(CC1)OCCO2. The molecule has 0 atom stereocenters.